The van der Waals surface area contributed by atoms with Crippen LogP contribution in [0.5, 0.6) is 0 Å². The van der Waals surface area contributed by atoms with E-state index in [0.717, 1.165) is 29.6 Å². The van der Waals surface area contributed by atoms with E-state index in [0.29, 0.717) is 36.7 Å². The molecule has 0 amide bonds. The molecule has 4 nitrogen and oxygen atoms in total. The molecule has 0 spiro atoms. The van der Waals surface area contributed by atoms with Gasteiger partial charge in [-0.1, -0.05) is 24.3 Å². The number of hydrogen-bond acceptors (Lipinski definition) is 3. The Morgan fingerprint density at radius 1 is 0.963 bits per heavy atom. The highest BCUT2D eigenvalue weighted by atomic mass is 32.2. The molecule has 1 aromatic heterocycles. The van der Waals surface area contributed by atoms with Crippen LogP contribution in [0.4, 0.5) is 13.2 Å². The molecule has 4 rings (SSSR count). The van der Waals surface area contributed by atoms with Crippen LogP contribution in [0.15, 0.2) is 53.4 Å². The molecule has 1 N–H and O–H groups in total. The number of hydrogen-bond donors (Lipinski definition) is 1. The number of alkyl halides is 3. The smallest absolute Gasteiger partial charge is 0.316 e. The largest absolute Gasteiger partial charge is 0.416 e. The van der Waals surface area contributed by atoms with Gasteiger partial charge in [0, 0.05) is 24.0 Å². The van der Waals surface area contributed by atoms with E-state index in [9.17, 15) is 21.6 Å². The Balaban J connectivity index is 1.98. The number of nitrogens with zero attached hydrogens (tertiary/aromatic N) is 1. The molecule has 0 saturated heterocycles. The summed E-state index contributed by atoms with van der Waals surface area (Å²) >= 11 is 0. The van der Waals surface area contributed by atoms with Crippen LogP contribution in [-0.4, -0.2) is 25.5 Å². The van der Waals surface area contributed by atoms with Gasteiger partial charge in [-0.25, -0.2) is 12.4 Å². The lowest BCUT2D eigenvalue weighted by Crippen LogP contribution is -2.20. The van der Waals surface area contributed by atoms with Crippen molar-refractivity contribution in [2.75, 3.05) is 13.1 Å². The van der Waals surface area contributed by atoms with Gasteiger partial charge in [-0.2, -0.15) is 13.2 Å². The summed E-state index contributed by atoms with van der Waals surface area (Å²) in [6.07, 6.45) is -3.45. The van der Waals surface area contributed by atoms with Crippen LogP contribution in [0.1, 0.15) is 16.8 Å². The van der Waals surface area contributed by atoms with Gasteiger partial charge in [0.15, 0.2) is 0 Å². The van der Waals surface area contributed by atoms with Crippen molar-refractivity contribution in [3.05, 3.63) is 65.4 Å². The fraction of sp³-hybridized carbons (Fsp3) is 0.263. The quantitative estimate of drug-likeness (QED) is 0.723. The topological polar surface area (TPSA) is 51.1 Å². The molecule has 27 heavy (non-hydrogen) atoms. The van der Waals surface area contributed by atoms with E-state index in [-0.39, 0.29) is 4.90 Å². The molecule has 0 unspecified atom stereocenters. The van der Waals surface area contributed by atoms with Crippen molar-refractivity contribution >= 4 is 20.9 Å². The van der Waals surface area contributed by atoms with Gasteiger partial charge in [0.2, 0.25) is 0 Å². The number of benzene rings is 2. The Hall–Kier alpha value is -2.32. The zero-order valence-corrected chi connectivity index (χ0v) is 15.1. The van der Waals surface area contributed by atoms with E-state index in [1.165, 1.54) is 10.0 Å². The molecule has 0 bridgehead atoms. The Kier molecular flexibility index (Phi) is 4.27. The molecule has 142 valence electrons. The summed E-state index contributed by atoms with van der Waals surface area (Å²) in [4.78, 5) is -0.363. The Morgan fingerprint density at radius 2 is 1.70 bits per heavy atom. The van der Waals surface area contributed by atoms with Gasteiger partial charge in [-0.3, -0.25) is 0 Å². The molecule has 2 aromatic carbocycles. The predicted molar refractivity (Wildman–Crippen MR) is 96.2 cm³/mol. The Labute approximate surface area is 154 Å². The first kappa shape index (κ1) is 18.1. The first-order valence-electron chi connectivity index (χ1n) is 8.55. The predicted octanol–water partition coefficient (Wildman–Crippen LogP) is 3.59. The number of aromatic nitrogens is 1. The normalized spacial score (nSPS) is 15.5. The minimum Gasteiger partial charge on any atom is -0.316 e. The fourth-order valence-corrected chi connectivity index (χ4v) is 5.27. The van der Waals surface area contributed by atoms with Gasteiger partial charge in [-0.05, 0) is 42.8 Å². The van der Waals surface area contributed by atoms with E-state index >= 15 is 0 Å². The number of halogens is 3. The van der Waals surface area contributed by atoms with Crippen LogP contribution in [0.2, 0.25) is 0 Å². The molecule has 0 aliphatic carbocycles. The molecule has 2 heterocycles. The van der Waals surface area contributed by atoms with Gasteiger partial charge >= 0.3 is 6.18 Å². The summed E-state index contributed by atoms with van der Waals surface area (Å²) in [6, 6.07) is 11.0. The lowest BCUT2D eigenvalue weighted by molar-refractivity contribution is -0.137. The third-order valence-electron chi connectivity index (χ3n) is 4.83. The summed E-state index contributed by atoms with van der Waals surface area (Å²) in [5.41, 5.74) is 1.10. The second-order valence-corrected chi connectivity index (χ2v) is 8.27. The second kappa shape index (κ2) is 6.38. The third-order valence-corrected chi connectivity index (χ3v) is 6.58. The SMILES string of the molecule is O=S(=O)(c1cccc(C(F)(F)F)c1)n1c2c(c3ccccc31)CCNCC2. The van der Waals surface area contributed by atoms with Crippen molar-refractivity contribution in [2.24, 2.45) is 0 Å². The molecule has 0 saturated carbocycles. The molecular formula is C19H17F3N2O2S. The molecule has 1 aliphatic heterocycles. The monoisotopic (exact) mass is 394 g/mol. The zero-order valence-electron chi connectivity index (χ0n) is 14.3. The average Bonchev–Trinajstić information content (AvgIpc) is 2.77. The second-order valence-electron chi connectivity index (χ2n) is 6.49. The van der Waals surface area contributed by atoms with Gasteiger partial charge < -0.3 is 5.32 Å². The van der Waals surface area contributed by atoms with E-state index in [4.69, 9.17) is 0 Å². The van der Waals surface area contributed by atoms with E-state index < -0.39 is 21.8 Å². The third kappa shape index (κ3) is 3.02. The molecule has 0 fully saturated rings. The van der Waals surface area contributed by atoms with Crippen LogP contribution in [-0.2, 0) is 29.0 Å². The van der Waals surface area contributed by atoms with Crippen LogP contribution < -0.4 is 5.32 Å². The summed E-state index contributed by atoms with van der Waals surface area (Å²) in [6.45, 7) is 1.34. The Morgan fingerprint density at radius 3 is 2.48 bits per heavy atom. The summed E-state index contributed by atoms with van der Waals surface area (Å²) < 4.78 is 67.1. The van der Waals surface area contributed by atoms with Crippen LogP contribution in [0.3, 0.4) is 0 Å². The van der Waals surface area contributed by atoms with Gasteiger partial charge in [-0.15, -0.1) is 0 Å². The maximum atomic E-state index is 13.3. The molecule has 0 radical (unpaired) electrons. The average molecular weight is 394 g/mol. The maximum absolute atomic E-state index is 13.3. The summed E-state index contributed by atoms with van der Waals surface area (Å²) in [7, 11) is -4.17. The Bertz CT molecular complexity index is 1120. The minimum absolute atomic E-state index is 0.363. The molecule has 1 aliphatic rings. The summed E-state index contributed by atoms with van der Waals surface area (Å²) in [5.74, 6) is 0. The number of fused-ring (bicyclic) bond motifs is 3. The van der Waals surface area contributed by atoms with Crippen molar-refractivity contribution in [1.82, 2.24) is 9.29 Å². The zero-order chi connectivity index (χ0) is 19.2. The molecule has 0 atom stereocenters. The van der Waals surface area contributed by atoms with Gasteiger partial charge in [0.25, 0.3) is 10.0 Å². The standard InChI is InChI=1S/C19H17F3N2O2S/c20-19(21,22)13-4-3-5-14(12-13)27(25,26)24-17-7-2-1-6-15(17)16-8-10-23-11-9-18(16)24/h1-7,12,23H,8-11H2. The number of para-hydroxylation sites is 1. The fourth-order valence-electron chi connectivity index (χ4n) is 3.62. The minimum atomic E-state index is -4.61. The van der Waals surface area contributed by atoms with E-state index in [2.05, 4.69) is 5.32 Å². The van der Waals surface area contributed by atoms with Crippen molar-refractivity contribution in [3.63, 3.8) is 0 Å². The number of rotatable bonds is 2. The van der Waals surface area contributed by atoms with Gasteiger partial charge in [0.05, 0.1) is 16.0 Å². The maximum Gasteiger partial charge on any atom is 0.416 e. The van der Waals surface area contributed by atoms with Gasteiger partial charge in [0.1, 0.15) is 0 Å². The van der Waals surface area contributed by atoms with Crippen LogP contribution >= 0.6 is 0 Å². The first-order valence-corrected chi connectivity index (χ1v) is 9.99. The van der Waals surface area contributed by atoms with E-state index in [1.54, 1.807) is 12.1 Å². The van der Waals surface area contributed by atoms with Crippen molar-refractivity contribution in [3.8, 4) is 0 Å². The van der Waals surface area contributed by atoms with Crippen LogP contribution in [0, 0.1) is 0 Å². The van der Waals surface area contributed by atoms with Crippen molar-refractivity contribution in [1.29, 1.82) is 0 Å². The lowest BCUT2D eigenvalue weighted by Gasteiger charge is -2.14. The highest BCUT2D eigenvalue weighted by Gasteiger charge is 2.33. The lowest BCUT2D eigenvalue weighted by atomic mass is 10.1. The van der Waals surface area contributed by atoms with E-state index in [1.807, 2.05) is 12.1 Å². The first-order chi connectivity index (χ1) is 12.8. The summed E-state index contributed by atoms with van der Waals surface area (Å²) in [5, 5.41) is 4.06. The highest BCUT2D eigenvalue weighted by molar-refractivity contribution is 7.90. The molecule has 3 aromatic rings. The number of nitrogens with one attached hydrogen (secondary N) is 1. The van der Waals surface area contributed by atoms with Crippen LogP contribution in [0.25, 0.3) is 10.9 Å². The van der Waals surface area contributed by atoms with Crippen molar-refractivity contribution < 1.29 is 21.6 Å². The molecular weight excluding hydrogens is 377 g/mol. The van der Waals surface area contributed by atoms with Crippen molar-refractivity contribution in [2.45, 2.75) is 23.9 Å². The highest BCUT2D eigenvalue weighted by Crippen LogP contribution is 2.34. The molecule has 8 heteroatoms.